The Balaban J connectivity index is 1.53. The lowest BCUT2D eigenvalue weighted by atomic mass is 9.91. The summed E-state index contributed by atoms with van der Waals surface area (Å²) in [5.74, 6) is 1.28. The summed E-state index contributed by atoms with van der Waals surface area (Å²) in [5, 5.41) is 10.7. The zero-order valence-corrected chi connectivity index (χ0v) is 18.8. The molecule has 4 atom stereocenters. The molecule has 1 N–H and O–H groups in total. The van der Waals surface area contributed by atoms with E-state index in [1.54, 1.807) is 14.2 Å². The Morgan fingerprint density at radius 3 is 2.63 bits per heavy atom. The van der Waals surface area contributed by atoms with Gasteiger partial charge in [-0.1, -0.05) is 32.3 Å². The van der Waals surface area contributed by atoms with E-state index in [2.05, 4.69) is 11.8 Å². The first kappa shape index (κ1) is 23.3. The second-order valence-electron chi connectivity index (χ2n) is 8.48. The Kier molecular flexibility index (Phi) is 9.25. The summed E-state index contributed by atoms with van der Waals surface area (Å²) in [5.41, 5.74) is 0.783. The second-order valence-corrected chi connectivity index (χ2v) is 8.48. The molecule has 30 heavy (non-hydrogen) atoms. The van der Waals surface area contributed by atoms with Gasteiger partial charge in [-0.05, 0) is 43.4 Å². The third-order valence-electron chi connectivity index (χ3n) is 6.43. The van der Waals surface area contributed by atoms with Crippen LogP contribution in [0.15, 0.2) is 18.2 Å². The minimum absolute atomic E-state index is 0.169. The molecule has 1 aromatic carbocycles. The molecule has 0 bridgehead atoms. The molecule has 1 saturated heterocycles. The Labute approximate surface area is 181 Å². The van der Waals surface area contributed by atoms with Gasteiger partial charge in [-0.3, -0.25) is 4.90 Å². The van der Waals surface area contributed by atoms with Gasteiger partial charge in [0.1, 0.15) is 6.10 Å². The first-order valence-corrected chi connectivity index (χ1v) is 11.5. The summed E-state index contributed by atoms with van der Waals surface area (Å²) in [6, 6.07) is 5.94. The standard InChI is InChI=1S/C24H39NO5/c1-4-5-14-29-19-12-13-25(16-19)20-8-6-7-9-22(20)30-17-21(26)18-10-11-23(27-2)24(15-18)28-3/h10-11,15,19-22,26H,4-9,12-14,16-17H2,1-3H3/t19-,20?,21?,22?/m1/s1. The van der Waals surface area contributed by atoms with Gasteiger partial charge in [-0.25, -0.2) is 0 Å². The number of methoxy groups -OCH3 is 2. The van der Waals surface area contributed by atoms with Crippen molar-refractivity contribution in [1.29, 1.82) is 0 Å². The Morgan fingerprint density at radius 2 is 1.87 bits per heavy atom. The maximum atomic E-state index is 10.7. The molecular weight excluding hydrogens is 382 g/mol. The second kappa shape index (κ2) is 11.9. The summed E-state index contributed by atoms with van der Waals surface area (Å²) in [6.07, 6.45) is 7.94. The number of rotatable bonds is 11. The normalized spacial score (nSPS) is 25.9. The maximum Gasteiger partial charge on any atom is 0.161 e. The van der Waals surface area contributed by atoms with Crippen LogP contribution >= 0.6 is 0 Å². The smallest absolute Gasteiger partial charge is 0.161 e. The van der Waals surface area contributed by atoms with Crippen LogP contribution in [-0.4, -0.2) is 68.8 Å². The lowest BCUT2D eigenvalue weighted by molar-refractivity contribution is -0.0650. The van der Waals surface area contributed by atoms with E-state index >= 15 is 0 Å². The SMILES string of the molecule is CCCCO[C@@H]1CCN(C2CCCCC2OCC(O)c2ccc(OC)c(OC)c2)C1. The largest absolute Gasteiger partial charge is 0.493 e. The fourth-order valence-electron chi connectivity index (χ4n) is 4.65. The van der Waals surface area contributed by atoms with Crippen molar-refractivity contribution in [1.82, 2.24) is 4.90 Å². The van der Waals surface area contributed by atoms with Gasteiger partial charge in [0.15, 0.2) is 11.5 Å². The highest BCUT2D eigenvalue weighted by Gasteiger charge is 2.35. The molecule has 1 saturated carbocycles. The van der Waals surface area contributed by atoms with Gasteiger partial charge in [0.25, 0.3) is 0 Å². The highest BCUT2D eigenvalue weighted by Crippen LogP contribution is 2.32. The molecule has 170 valence electrons. The summed E-state index contributed by atoms with van der Waals surface area (Å²) in [4.78, 5) is 2.56. The Morgan fingerprint density at radius 1 is 1.07 bits per heavy atom. The van der Waals surface area contributed by atoms with E-state index in [0.717, 1.165) is 44.5 Å². The molecule has 6 nitrogen and oxygen atoms in total. The topological polar surface area (TPSA) is 60.4 Å². The van der Waals surface area contributed by atoms with E-state index in [1.165, 1.54) is 25.7 Å². The van der Waals surface area contributed by atoms with Crippen molar-refractivity contribution in [2.45, 2.75) is 76.2 Å². The molecule has 0 amide bonds. The third-order valence-corrected chi connectivity index (χ3v) is 6.43. The van der Waals surface area contributed by atoms with Gasteiger partial charge < -0.3 is 24.1 Å². The molecule has 2 aliphatic rings. The number of benzene rings is 1. The average Bonchev–Trinajstić information content (AvgIpc) is 3.26. The minimum atomic E-state index is -0.684. The fraction of sp³-hybridized carbons (Fsp3) is 0.750. The molecule has 1 aliphatic heterocycles. The van der Waals surface area contributed by atoms with Gasteiger partial charge >= 0.3 is 0 Å². The zero-order chi connectivity index (χ0) is 21.3. The van der Waals surface area contributed by atoms with Crippen LogP contribution in [-0.2, 0) is 9.47 Å². The van der Waals surface area contributed by atoms with E-state index in [1.807, 2.05) is 18.2 Å². The van der Waals surface area contributed by atoms with Crippen LogP contribution in [0.3, 0.4) is 0 Å². The van der Waals surface area contributed by atoms with Gasteiger partial charge in [0, 0.05) is 25.7 Å². The molecule has 0 spiro atoms. The lowest BCUT2D eigenvalue weighted by Crippen LogP contribution is -2.46. The number of hydrogen-bond acceptors (Lipinski definition) is 6. The van der Waals surface area contributed by atoms with E-state index in [0.29, 0.717) is 30.3 Å². The van der Waals surface area contributed by atoms with E-state index in [9.17, 15) is 5.11 Å². The Hall–Kier alpha value is -1.34. The van der Waals surface area contributed by atoms with Crippen LogP contribution in [0.25, 0.3) is 0 Å². The minimum Gasteiger partial charge on any atom is -0.493 e. The van der Waals surface area contributed by atoms with Crippen molar-refractivity contribution in [3.8, 4) is 11.5 Å². The highest BCUT2D eigenvalue weighted by molar-refractivity contribution is 5.43. The molecule has 1 heterocycles. The fourth-order valence-corrected chi connectivity index (χ4v) is 4.65. The van der Waals surface area contributed by atoms with E-state index in [-0.39, 0.29) is 6.10 Å². The molecule has 2 fully saturated rings. The van der Waals surface area contributed by atoms with Crippen molar-refractivity contribution in [2.24, 2.45) is 0 Å². The van der Waals surface area contributed by atoms with Crippen molar-refractivity contribution in [3.63, 3.8) is 0 Å². The third kappa shape index (κ3) is 6.10. The molecule has 6 heteroatoms. The molecular formula is C24H39NO5. The van der Waals surface area contributed by atoms with Gasteiger partial charge in [-0.15, -0.1) is 0 Å². The molecule has 0 radical (unpaired) electrons. The van der Waals surface area contributed by atoms with Crippen LogP contribution in [0.1, 0.15) is 63.5 Å². The first-order valence-electron chi connectivity index (χ1n) is 11.5. The molecule has 1 aromatic rings. The van der Waals surface area contributed by atoms with Gasteiger partial charge in [-0.2, -0.15) is 0 Å². The van der Waals surface area contributed by atoms with Crippen molar-refractivity contribution >= 4 is 0 Å². The number of likely N-dealkylation sites (tertiary alicyclic amines) is 1. The lowest BCUT2D eigenvalue weighted by Gasteiger charge is -2.38. The predicted octanol–water partition coefficient (Wildman–Crippen LogP) is 3.96. The molecule has 0 aromatic heterocycles. The van der Waals surface area contributed by atoms with Crippen LogP contribution < -0.4 is 9.47 Å². The molecule has 1 aliphatic carbocycles. The number of aliphatic hydroxyl groups excluding tert-OH is 1. The quantitative estimate of drug-likeness (QED) is 0.546. The number of nitrogens with zero attached hydrogens (tertiary/aromatic N) is 1. The summed E-state index contributed by atoms with van der Waals surface area (Å²) >= 11 is 0. The van der Waals surface area contributed by atoms with Gasteiger partial charge in [0.2, 0.25) is 0 Å². The number of ether oxygens (including phenoxy) is 4. The van der Waals surface area contributed by atoms with Crippen LogP contribution in [0, 0.1) is 0 Å². The molecule has 3 unspecified atom stereocenters. The summed E-state index contributed by atoms with van der Waals surface area (Å²) in [6.45, 7) is 5.45. The van der Waals surface area contributed by atoms with Crippen molar-refractivity contribution < 1.29 is 24.1 Å². The van der Waals surface area contributed by atoms with Crippen LogP contribution in [0.4, 0.5) is 0 Å². The van der Waals surface area contributed by atoms with E-state index in [4.69, 9.17) is 18.9 Å². The highest BCUT2D eigenvalue weighted by atomic mass is 16.5. The summed E-state index contributed by atoms with van der Waals surface area (Å²) < 4.78 is 23.0. The maximum absolute atomic E-state index is 10.7. The van der Waals surface area contributed by atoms with Crippen LogP contribution in [0.2, 0.25) is 0 Å². The van der Waals surface area contributed by atoms with E-state index < -0.39 is 6.10 Å². The molecule has 3 rings (SSSR count). The van der Waals surface area contributed by atoms with Crippen LogP contribution in [0.5, 0.6) is 11.5 Å². The number of aliphatic hydroxyl groups is 1. The monoisotopic (exact) mass is 421 g/mol. The number of hydrogen-bond donors (Lipinski definition) is 1. The van der Waals surface area contributed by atoms with Gasteiger partial charge in [0.05, 0.1) is 33.0 Å². The Bertz CT molecular complexity index is 640. The number of unbranched alkanes of at least 4 members (excludes halogenated alkanes) is 1. The summed E-state index contributed by atoms with van der Waals surface area (Å²) in [7, 11) is 3.21. The van der Waals surface area contributed by atoms with Crippen molar-refractivity contribution in [2.75, 3.05) is 40.5 Å². The van der Waals surface area contributed by atoms with Crippen molar-refractivity contribution in [3.05, 3.63) is 23.8 Å². The average molecular weight is 422 g/mol. The first-order chi connectivity index (χ1) is 14.7. The predicted molar refractivity (Wildman–Crippen MR) is 117 cm³/mol. The zero-order valence-electron chi connectivity index (χ0n) is 18.8.